The van der Waals surface area contributed by atoms with E-state index in [1.165, 1.54) is 6.20 Å². The van der Waals surface area contributed by atoms with Crippen molar-refractivity contribution in [3.05, 3.63) is 23.9 Å². The Balaban J connectivity index is 2.47. The predicted molar refractivity (Wildman–Crippen MR) is 65.0 cm³/mol. The van der Waals surface area contributed by atoms with E-state index in [2.05, 4.69) is 10.3 Å². The molecule has 2 N–H and O–H groups in total. The van der Waals surface area contributed by atoms with Crippen molar-refractivity contribution in [2.75, 3.05) is 18.5 Å². The lowest BCUT2D eigenvalue weighted by atomic mass is 10.2. The third-order valence-corrected chi connectivity index (χ3v) is 2.14. The molecule has 0 spiro atoms. The Labute approximate surface area is 101 Å². The van der Waals surface area contributed by atoms with Gasteiger partial charge in [-0.15, -0.1) is 0 Å². The molecule has 0 aromatic carbocycles. The fourth-order valence-electron chi connectivity index (χ4n) is 1.24. The molecule has 1 aromatic heterocycles. The fraction of sp³-hybridized carbons (Fsp3) is 0.500. The van der Waals surface area contributed by atoms with Gasteiger partial charge in [0.2, 0.25) is 0 Å². The lowest BCUT2D eigenvalue weighted by molar-refractivity contribution is 0.0526. The maximum atomic E-state index is 11.3. The summed E-state index contributed by atoms with van der Waals surface area (Å²) in [7, 11) is 0. The van der Waals surface area contributed by atoms with E-state index in [1.807, 2.05) is 0 Å². The number of hydrogen-bond donors (Lipinski definition) is 2. The standard InChI is InChI=1S/C12H18N2O3/c1-3-17-12(16)10-4-5-11(14-8-10)13-7-6-9(2)15/h4-5,8-9,15H,3,6-7H2,1-2H3,(H,13,14). The van der Waals surface area contributed by atoms with Gasteiger partial charge in [0.05, 0.1) is 18.3 Å². The molecule has 0 bridgehead atoms. The molecule has 1 aromatic rings. The number of carbonyl (C=O) groups excluding carboxylic acids is 1. The molecule has 0 fully saturated rings. The van der Waals surface area contributed by atoms with E-state index < -0.39 is 0 Å². The summed E-state index contributed by atoms with van der Waals surface area (Å²) in [6, 6.07) is 3.38. The van der Waals surface area contributed by atoms with Gasteiger partial charge in [0, 0.05) is 12.7 Å². The fourth-order valence-corrected chi connectivity index (χ4v) is 1.24. The van der Waals surface area contributed by atoms with Crippen molar-refractivity contribution in [3.63, 3.8) is 0 Å². The van der Waals surface area contributed by atoms with Crippen LogP contribution in [-0.4, -0.2) is 35.3 Å². The van der Waals surface area contributed by atoms with E-state index in [9.17, 15) is 4.79 Å². The number of nitrogens with one attached hydrogen (secondary N) is 1. The smallest absolute Gasteiger partial charge is 0.339 e. The minimum absolute atomic E-state index is 0.332. The zero-order valence-electron chi connectivity index (χ0n) is 10.1. The second-order valence-corrected chi connectivity index (χ2v) is 3.72. The van der Waals surface area contributed by atoms with Crippen molar-refractivity contribution in [2.45, 2.75) is 26.4 Å². The molecule has 0 aliphatic rings. The Kier molecular flexibility index (Phi) is 5.42. The first-order valence-corrected chi connectivity index (χ1v) is 5.68. The Hall–Kier alpha value is -1.62. The van der Waals surface area contributed by atoms with Crippen molar-refractivity contribution in [2.24, 2.45) is 0 Å². The molecule has 5 nitrogen and oxygen atoms in total. The van der Waals surface area contributed by atoms with Crippen LogP contribution in [0.2, 0.25) is 0 Å². The van der Waals surface area contributed by atoms with Gasteiger partial charge < -0.3 is 15.2 Å². The van der Waals surface area contributed by atoms with Gasteiger partial charge in [-0.25, -0.2) is 9.78 Å². The van der Waals surface area contributed by atoms with Gasteiger partial charge in [0.1, 0.15) is 5.82 Å². The van der Waals surface area contributed by atoms with E-state index in [4.69, 9.17) is 9.84 Å². The van der Waals surface area contributed by atoms with Crippen molar-refractivity contribution in [1.29, 1.82) is 0 Å². The number of pyridine rings is 1. The summed E-state index contributed by atoms with van der Waals surface area (Å²) in [5.74, 6) is 0.314. The number of esters is 1. The van der Waals surface area contributed by atoms with Gasteiger partial charge in [0.15, 0.2) is 0 Å². The SMILES string of the molecule is CCOC(=O)c1ccc(NCCC(C)O)nc1. The van der Waals surface area contributed by atoms with Crippen LogP contribution in [0.5, 0.6) is 0 Å². The minimum Gasteiger partial charge on any atom is -0.462 e. The average molecular weight is 238 g/mol. The Morgan fingerprint density at radius 2 is 2.35 bits per heavy atom. The lowest BCUT2D eigenvalue weighted by Gasteiger charge is -2.07. The topological polar surface area (TPSA) is 71.5 Å². The first-order chi connectivity index (χ1) is 8.13. The third-order valence-electron chi connectivity index (χ3n) is 2.14. The quantitative estimate of drug-likeness (QED) is 0.734. The van der Waals surface area contributed by atoms with E-state index in [-0.39, 0.29) is 12.1 Å². The molecule has 0 radical (unpaired) electrons. The number of anilines is 1. The van der Waals surface area contributed by atoms with Crippen LogP contribution in [-0.2, 0) is 4.74 Å². The van der Waals surface area contributed by atoms with Crippen LogP contribution in [0, 0.1) is 0 Å². The van der Waals surface area contributed by atoms with Crippen molar-refractivity contribution in [1.82, 2.24) is 4.98 Å². The van der Waals surface area contributed by atoms with Crippen LogP contribution >= 0.6 is 0 Å². The van der Waals surface area contributed by atoms with E-state index in [0.717, 1.165) is 0 Å². The molecule has 1 rings (SSSR count). The molecule has 1 unspecified atom stereocenters. The summed E-state index contributed by atoms with van der Waals surface area (Å²) in [5.41, 5.74) is 0.438. The maximum absolute atomic E-state index is 11.3. The molecule has 0 aliphatic carbocycles. The van der Waals surface area contributed by atoms with Gasteiger partial charge in [-0.1, -0.05) is 0 Å². The summed E-state index contributed by atoms with van der Waals surface area (Å²) in [6.07, 6.45) is 1.80. The molecular formula is C12H18N2O3. The van der Waals surface area contributed by atoms with Crippen LogP contribution in [0.1, 0.15) is 30.6 Å². The van der Waals surface area contributed by atoms with Crippen LogP contribution in [0.15, 0.2) is 18.3 Å². The highest BCUT2D eigenvalue weighted by molar-refractivity contribution is 5.89. The number of aliphatic hydroxyl groups is 1. The van der Waals surface area contributed by atoms with E-state index in [1.54, 1.807) is 26.0 Å². The number of carbonyl (C=O) groups is 1. The predicted octanol–water partition coefficient (Wildman–Crippen LogP) is 1.44. The number of aromatic nitrogens is 1. The Bertz CT molecular complexity index is 349. The van der Waals surface area contributed by atoms with Gasteiger partial charge in [-0.05, 0) is 32.4 Å². The highest BCUT2D eigenvalue weighted by Gasteiger charge is 2.06. The van der Waals surface area contributed by atoms with Gasteiger partial charge >= 0.3 is 5.97 Å². The third kappa shape index (κ3) is 4.82. The number of hydrogen-bond acceptors (Lipinski definition) is 5. The van der Waals surface area contributed by atoms with Gasteiger partial charge in [-0.3, -0.25) is 0 Å². The van der Waals surface area contributed by atoms with E-state index >= 15 is 0 Å². The summed E-state index contributed by atoms with van der Waals surface area (Å²) in [5, 5.41) is 12.1. The molecule has 94 valence electrons. The van der Waals surface area contributed by atoms with Crippen LogP contribution in [0.25, 0.3) is 0 Å². The average Bonchev–Trinajstić information content (AvgIpc) is 2.30. The maximum Gasteiger partial charge on any atom is 0.339 e. The highest BCUT2D eigenvalue weighted by atomic mass is 16.5. The first-order valence-electron chi connectivity index (χ1n) is 5.68. The molecule has 1 atom stereocenters. The Morgan fingerprint density at radius 3 is 2.88 bits per heavy atom. The van der Waals surface area contributed by atoms with Gasteiger partial charge in [0.25, 0.3) is 0 Å². The van der Waals surface area contributed by atoms with Crippen LogP contribution in [0.3, 0.4) is 0 Å². The largest absolute Gasteiger partial charge is 0.462 e. The number of rotatable bonds is 6. The second-order valence-electron chi connectivity index (χ2n) is 3.72. The van der Waals surface area contributed by atoms with Crippen LogP contribution < -0.4 is 5.32 Å². The van der Waals surface area contributed by atoms with E-state index in [0.29, 0.717) is 31.0 Å². The lowest BCUT2D eigenvalue weighted by Crippen LogP contribution is -2.11. The molecule has 0 amide bonds. The second kappa shape index (κ2) is 6.85. The molecule has 5 heteroatoms. The normalized spacial score (nSPS) is 11.9. The Morgan fingerprint density at radius 1 is 1.59 bits per heavy atom. The molecule has 1 heterocycles. The van der Waals surface area contributed by atoms with Crippen molar-refractivity contribution in [3.8, 4) is 0 Å². The highest BCUT2D eigenvalue weighted by Crippen LogP contribution is 2.06. The van der Waals surface area contributed by atoms with Crippen molar-refractivity contribution >= 4 is 11.8 Å². The van der Waals surface area contributed by atoms with Gasteiger partial charge in [-0.2, -0.15) is 0 Å². The monoisotopic (exact) mass is 238 g/mol. The van der Waals surface area contributed by atoms with Crippen LogP contribution in [0.4, 0.5) is 5.82 Å². The molecule has 0 saturated heterocycles. The number of ether oxygens (including phenoxy) is 1. The summed E-state index contributed by atoms with van der Waals surface area (Å²) in [4.78, 5) is 15.4. The number of aliphatic hydroxyl groups excluding tert-OH is 1. The molecular weight excluding hydrogens is 220 g/mol. The summed E-state index contributed by atoms with van der Waals surface area (Å²) < 4.78 is 4.85. The van der Waals surface area contributed by atoms with Crippen molar-refractivity contribution < 1.29 is 14.6 Å². The zero-order valence-corrected chi connectivity index (χ0v) is 10.1. The first kappa shape index (κ1) is 13.4. The minimum atomic E-state index is -0.365. The summed E-state index contributed by atoms with van der Waals surface area (Å²) >= 11 is 0. The zero-order chi connectivity index (χ0) is 12.7. The number of nitrogens with zero attached hydrogens (tertiary/aromatic N) is 1. The molecule has 17 heavy (non-hydrogen) atoms. The molecule has 0 saturated carbocycles. The summed E-state index contributed by atoms with van der Waals surface area (Å²) in [6.45, 7) is 4.49. The molecule has 0 aliphatic heterocycles.